The molecule has 1 aromatic carbocycles. The van der Waals surface area contributed by atoms with Crippen LogP contribution in [0.1, 0.15) is 12.8 Å². The average Bonchev–Trinajstić information content (AvgIpc) is 2.11. The van der Waals surface area contributed by atoms with Crippen molar-refractivity contribution in [3.63, 3.8) is 0 Å². The van der Waals surface area contributed by atoms with E-state index in [2.05, 4.69) is 0 Å². The number of aliphatic hydroxyl groups is 1. The topological polar surface area (TPSA) is 29.5 Å². The lowest BCUT2D eigenvalue weighted by Crippen LogP contribution is -1.98. The third-order valence-corrected chi connectivity index (χ3v) is 2.09. The van der Waals surface area contributed by atoms with Gasteiger partial charge >= 0.3 is 0 Å². The molecule has 1 aromatic rings. The third-order valence-electron chi connectivity index (χ3n) is 1.66. The number of ether oxygens (including phenoxy) is 1. The van der Waals surface area contributed by atoms with Crippen molar-refractivity contribution in [1.82, 2.24) is 0 Å². The summed E-state index contributed by atoms with van der Waals surface area (Å²) in [6.45, 7) is 0.761. The summed E-state index contributed by atoms with van der Waals surface area (Å²) in [6, 6.07) is 5.09. The molecule has 0 aliphatic heterocycles. The molecular weight excluding hydrogens is 223 g/mol. The van der Waals surface area contributed by atoms with E-state index in [4.69, 9.17) is 33.0 Å². The van der Waals surface area contributed by atoms with Crippen LogP contribution >= 0.6 is 23.2 Å². The van der Waals surface area contributed by atoms with Gasteiger partial charge in [-0.3, -0.25) is 0 Å². The highest BCUT2D eigenvalue weighted by Gasteiger charge is 1.98. The van der Waals surface area contributed by atoms with E-state index < -0.39 is 0 Å². The molecule has 0 aliphatic carbocycles. The fourth-order valence-corrected chi connectivity index (χ4v) is 1.52. The van der Waals surface area contributed by atoms with E-state index in [0.717, 1.165) is 12.8 Å². The van der Waals surface area contributed by atoms with Crippen molar-refractivity contribution < 1.29 is 9.84 Å². The van der Waals surface area contributed by atoms with Gasteiger partial charge in [-0.05, 0) is 31.0 Å². The van der Waals surface area contributed by atoms with Crippen molar-refractivity contribution in [2.24, 2.45) is 0 Å². The predicted octanol–water partition coefficient (Wildman–Crippen LogP) is 3.14. The van der Waals surface area contributed by atoms with Crippen LogP contribution in [-0.4, -0.2) is 18.3 Å². The van der Waals surface area contributed by atoms with Crippen LogP contribution in [0.5, 0.6) is 5.75 Å². The normalized spacial score (nSPS) is 10.2. The zero-order valence-electron chi connectivity index (χ0n) is 7.67. The Kier molecular flexibility index (Phi) is 5.09. The second-order valence-electron chi connectivity index (χ2n) is 2.88. The number of hydrogen-bond donors (Lipinski definition) is 1. The molecule has 0 heterocycles. The van der Waals surface area contributed by atoms with Crippen LogP contribution < -0.4 is 4.74 Å². The summed E-state index contributed by atoms with van der Waals surface area (Å²) in [5.41, 5.74) is 0. The molecule has 0 aliphatic rings. The number of rotatable bonds is 5. The van der Waals surface area contributed by atoms with Crippen molar-refractivity contribution in [3.8, 4) is 5.75 Å². The Hall–Kier alpha value is -0.440. The second-order valence-corrected chi connectivity index (χ2v) is 3.76. The molecule has 0 saturated carbocycles. The monoisotopic (exact) mass is 234 g/mol. The van der Waals surface area contributed by atoms with Crippen molar-refractivity contribution >= 4 is 23.2 Å². The van der Waals surface area contributed by atoms with Crippen LogP contribution in [-0.2, 0) is 0 Å². The third kappa shape index (κ3) is 4.18. The summed E-state index contributed by atoms with van der Waals surface area (Å²) in [5.74, 6) is 0.667. The van der Waals surface area contributed by atoms with Gasteiger partial charge < -0.3 is 9.84 Å². The first kappa shape index (κ1) is 11.6. The molecular formula is C10H12Cl2O2. The SMILES string of the molecule is OCCCCOc1cc(Cl)cc(Cl)c1. The molecule has 1 rings (SSSR count). The predicted molar refractivity (Wildman–Crippen MR) is 58.3 cm³/mol. The lowest BCUT2D eigenvalue weighted by atomic mass is 10.3. The smallest absolute Gasteiger partial charge is 0.122 e. The van der Waals surface area contributed by atoms with Gasteiger partial charge in [-0.25, -0.2) is 0 Å². The molecule has 78 valence electrons. The van der Waals surface area contributed by atoms with Crippen molar-refractivity contribution in [3.05, 3.63) is 28.2 Å². The summed E-state index contributed by atoms with van der Waals surface area (Å²) in [7, 11) is 0. The fraction of sp³-hybridized carbons (Fsp3) is 0.400. The van der Waals surface area contributed by atoms with E-state index in [1.54, 1.807) is 18.2 Å². The van der Waals surface area contributed by atoms with E-state index >= 15 is 0 Å². The molecule has 0 aromatic heterocycles. The Morgan fingerprint density at radius 3 is 2.29 bits per heavy atom. The Morgan fingerprint density at radius 1 is 1.07 bits per heavy atom. The van der Waals surface area contributed by atoms with Crippen molar-refractivity contribution in [1.29, 1.82) is 0 Å². The van der Waals surface area contributed by atoms with E-state index in [1.165, 1.54) is 0 Å². The van der Waals surface area contributed by atoms with Gasteiger partial charge in [-0.2, -0.15) is 0 Å². The van der Waals surface area contributed by atoms with Gasteiger partial charge in [0.15, 0.2) is 0 Å². The summed E-state index contributed by atoms with van der Waals surface area (Å²) in [4.78, 5) is 0. The molecule has 0 radical (unpaired) electrons. The summed E-state index contributed by atoms with van der Waals surface area (Å²) in [5, 5.41) is 9.68. The minimum atomic E-state index is 0.194. The lowest BCUT2D eigenvalue weighted by molar-refractivity contribution is 0.253. The minimum absolute atomic E-state index is 0.194. The maximum absolute atomic E-state index is 8.55. The van der Waals surface area contributed by atoms with Crippen LogP contribution in [0.3, 0.4) is 0 Å². The Labute approximate surface area is 93.4 Å². The van der Waals surface area contributed by atoms with E-state index in [9.17, 15) is 0 Å². The quantitative estimate of drug-likeness (QED) is 0.794. The fourth-order valence-electron chi connectivity index (χ4n) is 1.02. The van der Waals surface area contributed by atoms with Gasteiger partial charge in [0, 0.05) is 16.7 Å². The van der Waals surface area contributed by atoms with Gasteiger partial charge in [0.1, 0.15) is 5.75 Å². The zero-order chi connectivity index (χ0) is 10.4. The molecule has 0 bridgehead atoms. The van der Waals surface area contributed by atoms with Gasteiger partial charge in [0.2, 0.25) is 0 Å². The van der Waals surface area contributed by atoms with Crippen molar-refractivity contribution in [2.45, 2.75) is 12.8 Å². The molecule has 0 amide bonds. The van der Waals surface area contributed by atoms with Crippen LogP contribution in [0.2, 0.25) is 10.0 Å². The largest absolute Gasteiger partial charge is 0.493 e. The van der Waals surface area contributed by atoms with Crippen LogP contribution in [0.15, 0.2) is 18.2 Å². The molecule has 4 heteroatoms. The Morgan fingerprint density at radius 2 is 1.71 bits per heavy atom. The van der Waals surface area contributed by atoms with Crippen LogP contribution in [0, 0.1) is 0 Å². The first-order valence-electron chi connectivity index (χ1n) is 4.42. The first-order valence-corrected chi connectivity index (χ1v) is 5.17. The Bertz CT molecular complexity index is 269. The minimum Gasteiger partial charge on any atom is -0.493 e. The first-order chi connectivity index (χ1) is 6.72. The lowest BCUT2D eigenvalue weighted by Gasteiger charge is -2.06. The van der Waals surface area contributed by atoms with Gasteiger partial charge in [0.25, 0.3) is 0 Å². The van der Waals surface area contributed by atoms with E-state index in [1.807, 2.05) is 0 Å². The highest BCUT2D eigenvalue weighted by atomic mass is 35.5. The van der Waals surface area contributed by atoms with Gasteiger partial charge in [-0.15, -0.1) is 0 Å². The maximum Gasteiger partial charge on any atom is 0.122 e. The number of aliphatic hydroxyl groups excluding tert-OH is 1. The van der Waals surface area contributed by atoms with Gasteiger partial charge in [0.05, 0.1) is 6.61 Å². The van der Waals surface area contributed by atoms with E-state index in [-0.39, 0.29) is 6.61 Å². The highest BCUT2D eigenvalue weighted by molar-refractivity contribution is 6.34. The number of halogens is 2. The molecule has 0 saturated heterocycles. The van der Waals surface area contributed by atoms with Gasteiger partial charge in [-0.1, -0.05) is 23.2 Å². The standard InChI is InChI=1S/C10H12Cl2O2/c11-8-5-9(12)7-10(6-8)14-4-2-1-3-13/h5-7,13H,1-4H2. The molecule has 0 unspecified atom stereocenters. The van der Waals surface area contributed by atoms with Crippen LogP contribution in [0.4, 0.5) is 0 Å². The molecule has 0 fully saturated rings. The second kappa shape index (κ2) is 6.12. The van der Waals surface area contributed by atoms with Crippen LogP contribution in [0.25, 0.3) is 0 Å². The molecule has 14 heavy (non-hydrogen) atoms. The van der Waals surface area contributed by atoms with E-state index in [0.29, 0.717) is 22.4 Å². The molecule has 2 nitrogen and oxygen atoms in total. The highest BCUT2D eigenvalue weighted by Crippen LogP contribution is 2.24. The Balaban J connectivity index is 2.42. The number of benzene rings is 1. The summed E-state index contributed by atoms with van der Waals surface area (Å²) in [6.07, 6.45) is 1.56. The summed E-state index contributed by atoms with van der Waals surface area (Å²) < 4.78 is 5.39. The number of hydrogen-bond acceptors (Lipinski definition) is 2. The molecule has 0 spiro atoms. The molecule has 0 atom stereocenters. The summed E-state index contributed by atoms with van der Waals surface area (Å²) >= 11 is 11.6. The maximum atomic E-state index is 8.55. The number of unbranched alkanes of at least 4 members (excludes halogenated alkanes) is 1. The average molecular weight is 235 g/mol. The van der Waals surface area contributed by atoms with Crippen molar-refractivity contribution in [2.75, 3.05) is 13.2 Å². The zero-order valence-corrected chi connectivity index (χ0v) is 9.18. The molecule has 1 N–H and O–H groups in total.